The van der Waals surface area contributed by atoms with Gasteiger partial charge in [0.1, 0.15) is 6.04 Å². The van der Waals surface area contributed by atoms with E-state index in [1.165, 1.54) is 31.2 Å². The van der Waals surface area contributed by atoms with Crippen LogP contribution in [0.3, 0.4) is 0 Å². The number of nitrogens with zero attached hydrogens (tertiary/aromatic N) is 1. The summed E-state index contributed by atoms with van der Waals surface area (Å²) in [6.45, 7) is 1.67. The molecule has 0 unspecified atom stereocenters. The largest absolute Gasteiger partial charge is 0.465 e. The van der Waals surface area contributed by atoms with Gasteiger partial charge in [-0.2, -0.15) is 0 Å². The number of rotatable bonds is 8. The fraction of sp³-hybridized carbons (Fsp3) is 0.222. The first-order valence-electron chi connectivity index (χ1n) is 11.8. The highest BCUT2D eigenvalue weighted by molar-refractivity contribution is 7.90. The molecule has 0 radical (unpaired) electrons. The van der Waals surface area contributed by atoms with E-state index in [1.807, 2.05) is 4.72 Å². The molecule has 0 saturated heterocycles. The number of esters is 1. The summed E-state index contributed by atoms with van der Waals surface area (Å²) in [5.74, 6) is -0.104. The Morgan fingerprint density at radius 1 is 1.00 bits per heavy atom. The molecule has 0 aromatic heterocycles. The van der Waals surface area contributed by atoms with Crippen LogP contribution in [0, 0.1) is 6.92 Å². The summed E-state index contributed by atoms with van der Waals surface area (Å²) in [6, 6.07) is 15.2. The van der Waals surface area contributed by atoms with Gasteiger partial charge < -0.3 is 24.4 Å². The Morgan fingerprint density at radius 2 is 1.74 bits per heavy atom. The number of fused-ring (bicyclic) bond motifs is 1. The standard InChI is InChI=1S/C27H27N3O8S/c1-17-7-4-5-10-24(17)39(34,35)29-27(33)28-21(14-18-8-6-9-19(13-18)26(32)36-3)25(31)30(2)20-11-12-22-23(15-20)38-16-37-22/h4-13,15,21H,14,16H2,1-3H3,(H2,28,29,33)/t21-/m0/s1. The molecule has 0 spiro atoms. The maximum atomic E-state index is 13.6. The third-order valence-corrected chi connectivity index (χ3v) is 7.57. The van der Waals surface area contributed by atoms with Crippen molar-refractivity contribution >= 4 is 33.6 Å². The topological polar surface area (TPSA) is 140 Å². The zero-order chi connectivity index (χ0) is 28.2. The van der Waals surface area contributed by atoms with Crippen molar-refractivity contribution < 1.29 is 37.0 Å². The molecule has 0 aliphatic carbocycles. The van der Waals surface area contributed by atoms with E-state index in [9.17, 15) is 22.8 Å². The minimum atomic E-state index is -4.21. The van der Waals surface area contributed by atoms with Gasteiger partial charge in [0.2, 0.25) is 12.7 Å². The molecular weight excluding hydrogens is 526 g/mol. The number of aryl methyl sites for hydroxylation is 1. The number of nitrogens with one attached hydrogen (secondary N) is 2. The smallest absolute Gasteiger partial charge is 0.337 e. The Kier molecular flexibility index (Phi) is 8.05. The van der Waals surface area contributed by atoms with Crippen molar-refractivity contribution in [2.75, 3.05) is 25.9 Å². The highest BCUT2D eigenvalue weighted by Crippen LogP contribution is 2.35. The minimum Gasteiger partial charge on any atom is -0.465 e. The van der Waals surface area contributed by atoms with E-state index in [-0.39, 0.29) is 23.7 Å². The molecular formula is C27H27N3O8S. The molecule has 39 heavy (non-hydrogen) atoms. The van der Waals surface area contributed by atoms with Crippen LogP contribution in [0.5, 0.6) is 11.5 Å². The first kappa shape index (κ1) is 27.5. The summed E-state index contributed by atoms with van der Waals surface area (Å²) < 4.78 is 43.1. The number of sulfonamides is 1. The highest BCUT2D eigenvalue weighted by Gasteiger charge is 2.29. The average Bonchev–Trinajstić information content (AvgIpc) is 3.39. The van der Waals surface area contributed by atoms with Crippen molar-refractivity contribution in [2.45, 2.75) is 24.3 Å². The Balaban J connectivity index is 1.59. The number of likely N-dealkylation sites (N-methyl/N-ethyl adjacent to an activating group) is 1. The van der Waals surface area contributed by atoms with Gasteiger partial charge in [-0.25, -0.2) is 22.7 Å². The number of carbonyl (C=O) groups excluding carboxylic acids is 3. The molecule has 0 saturated carbocycles. The lowest BCUT2D eigenvalue weighted by molar-refractivity contribution is -0.120. The van der Waals surface area contributed by atoms with E-state index in [1.54, 1.807) is 61.5 Å². The molecule has 1 aliphatic heterocycles. The minimum absolute atomic E-state index is 0.0452. The molecule has 2 N–H and O–H groups in total. The molecule has 12 heteroatoms. The number of hydrogen-bond donors (Lipinski definition) is 2. The lowest BCUT2D eigenvalue weighted by Gasteiger charge is -2.25. The van der Waals surface area contributed by atoms with E-state index in [2.05, 4.69) is 5.32 Å². The quantitative estimate of drug-likeness (QED) is 0.406. The van der Waals surface area contributed by atoms with Crippen molar-refractivity contribution in [3.05, 3.63) is 83.4 Å². The second-order valence-corrected chi connectivity index (χ2v) is 10.4. The fourth-order valence-corrected chi connectivity index (χ4v) is 5.22. The van der Waals surface area contributed by atoms with Crippen LogP contribution in [0.1, 0.15) is 21.5 Å². The van der Waals surface area contributed by atoms with Gasteiger partial charge in [-0.05, 0) is 48.4 Å². The Morgan fingerprint density at radius 3 is 2.49 bits per heavy atom. The maximum Gasteiger partial charge on any atom is 0.337 e. The molecule has 11 nitrogen and oxygen atoms in total. The molecule has 3 aromatic rings. The SMILES string of the molecule is COC(=O)c1cccc(C[C@H](NC(=O)NS(=O)(=O)c2ccccc2C)C(=O)N(C)c2ccc3c(c2)OCO3)c1. The van der Waals surface area contributed by atoms with Crippen LogP contribution in [0.2, 0.25) is 0 Å². The van der Waals surface area contributed by atoms with Crippen molar-refractivity contribution in [1.29, 1.82) is 0 Å². The molecule has 0 bridgehead atoms. The predicted octanol–water partition coefficient (Wildman–Crippen LogP) is 2.77. The predicted molar refractivity (Wildman–Crippen MR) is 141 cm³/mol. The second-order valence-electron chi connectivity index (χ2n) is 8.73. The third-order valence-electron chi connectivity index (χ3n) is 6.08. The number of urea groups is 1. The summed E-state index contributed by atoms with van der Waals surface area (Å²) in [6.07, 6.45) is -0.0452. The summed E-state index contributed by atoms with van der Waals surface area (Å²) in [4.78, 5) is 39.8. The molecule has 0 fully saturated rings. The van der Waals surface area contributed by atoms with E-state index < -0.39 is 34.0 Å². The molecule has 1 atom stereocenters. The Hall–Kier alpha value is -4.58. The van der Waals surface area contributed by atoms with Gasteiger partial charge in [0, 0.05) is 25.2 Å². The Bertz CT molecular complexity index is 1520. The lowest BCUT2D eigenvalue weighted by atomic mass is 10.0. The van der Waals surface area contributed by atoms with Crippen LogP contribution < -0.4 is 24.4 Å². The maximum absolute atomic E-state index is 13.6. The van der Waals surface area contributed by atoms with E-state index in [0.29, 0.717) is 28.3 Å². The second kappa shape index (κ2) is 11.4. The number of carbonyl (C=O) groups is 3. The Labute approximate surface area is 225 Å². The fourth-order valence-electron chi connectivity index (χ4n) is 4.06. The van der Waals surface area contributed by atoms with Crippen molar-refractivity contribution in [1.82, 2.24) is 10.0 Å². The number of benzene rings is 3. The lowest BCUT2D eigenvalue weighted by Crippen LogP contribution is -2.52. The van der Waals surface area contributed by atoms with Gasteiger partial charge in [-0.15, -0.1) is 0 Å². The molecule has 3 amide bonds. The molecule has 1 heterocycles. The summed E-state index contributed by atoms with van der Waals surface area (Å²) in [5.41, 5.74) is 1.72. The number of methoxy groups -OCH3 is 1. The van der Waals surface area contributed by atoms with Gasteiger partial charge in [-0.1, -0.05) is 30.3 Å². The van der Waals surface area contributed by atoms with Crippen LogP contribution in [-0.4, -0.2) is 53.3 Å². The summed E-state index contributed by atoms with van der Waals surface area (Å²) in [7, 11) is -1.45. The summed E-state index contributed by atoms with van der Waals surface area (Å²) in [5, 5.41) is 2.48. The van der Waals surface area contributed by atoms with Crippen molar-refractivity contribution in [3.8, 4) is 11.5 Å². The molecule has 3 aromatic carbocycles. The molecule has 4 rings (SSSR count). The van der Waals surface area contributed by atoms with Gasteiger partial charge in [0.15, 0.2) is 11.5 Å². The van der Waals surface area contributed by atoms with Crippen molar-refractivity contribution in [3.63, 3.8) is 0 Å². The van der Waals surface area contributed by atoms with E-state index in [4.69, 9.17) is 14.2 Å². The van der Waals surface area contributed by atoms with Crippen molar-refractivity contribution in [2.24, 2.45) is 0 Å². The average molecular weight is 554 g/mol. The number of amides is 3. The zero-order valence-electron chi connectivity index (χ0n) is 21.5. The van der Waals surface area contributed by atoms with E-state index >= 15 is 0 Å². The number of anilines is 1. The van der Waals surface area contributed by atoms with Crippen LogP contribution in [0.25, 0.3) is 0 Å². The monoisotopic (exact) mass is 553 g/mol. The van der Waals surface area contributed by atoms with E-state index in [0.717, 1.165) is 0 Å². The van der Waals surface area contributed by atoms with Crippen LogP contribution in [-0.2, 0) is 26.0 Å². The van der Waals surface area contributed by atoms with Crippen LogP contribution in [0.4, 0.5) is 10.5 Å². The number of hydrogen-bond acceptors (Lipinski definition) is 8. The van der Waals surface area contributed by atoms with Gasteiger partial charge >= 0.3 is 12.0 Å². The first-order chi connectivity index (χ1) is 18.6. The highest BCUT2D eigenvalue weighted by atomic mass is 32.2. The summed E-state index contributed by atoms with van der Waals surface area (Å²) >= 11 is 0. The molecule has 204 valence electrons. The molecule has 1 aliphatic rings. The van der Waals surface area contributed by atoms with Crippen LogP contribution in [0.15, 0.2) is 71.6 Å². The van der Waals surface area contributed by atoms with Gasteiger partial charge in [0.05, 0.1) is 17.6 Å². The van der Waals surface area contributed by atoms with Gasteiger partial charge in [0.25, 0.3) is 10.0 Å². The van der Waals surface area contributed by atoms with Gasteiger partial charge in [-0.3, -0.25) is 4.79 Å². The number of ether oxygens (including phenoxy) is 3. The normalized spacial score (nSPS) is 12.8. The zero-order valence-corrected chi connectivity index (χ0v) is 22.3. The first-order valence-corrected chi connectivity index (χ1v) is 13.3. The van der Waals surface area contributed by atoms with Crippen LogP contribution >= 0.6 is 0 Å². The third kappa shape index (κ3) is 6.29.